The summed E-state index contributed by atoms with van der Waals surface area (Å²) in [5.74, 6) is 0.890. The zero-order chi connectivity index (χ0) is 25.8. The van der Waals surface area contributed by atoms with Crippen molar-refractivity contribution in [3.8, 4) is 0 Å². The molecule has 2 unspecified atom stereocenters. The van der Waals surface area contributed by atoms with Crippen LogP contribution in [0, 0.1) is 24.7 Å². The molecule has 2 aromatic rings. The summed E-state index contributed by atoms with van der Waals surface area (Å²) < 4.78 is 0. The van der Waals surface area contributed by atoms with Crippen LogP contribution in [0.25, 0.3) is 12.2 Å². The van der Waals surface area contributed by atoms with Crippen LogP contribution in [0.5, 0.6) is 0 Å². The maximum Gasteiger partial charge on any atom is 0.257 e. The van der Waals surface area contributed by atoms with Crippen molar-refractivity contribution in [1.29, 1.82) is 0 Å². The van der Waals surface area contributed by atoms with Crippen LogP contribution in [0.15, 0.2) is 53.4 Å². The zero-order valence-electron chi connectivity index (χ0n) is 20.9. The van der Waals surface area contributed by atoms with Crippen molar-refractivity contribution in [2.75, 3.05) is 17.7 Å². The maximum absolute atomic E-state index is 13.1. The Bertz CT molecular complexity index is 1280. The monoisotopic (exact) mass is 484 g/mol. The first-order chi connectivity index (χ1) is 17.4. The standard InChI is InChI=1S/C28H32N6O2/c1-5-24-18(9-16(2)20(12-29)13-30-4)10-19(14-32-24)27(35)34-25-11-21(15-31-17(25)3)33-28(36)26-22-7-6-8-23(22)26/h5,9-15,22-23,26H,1,6-8,29H2,2-4H3,(H,33,36)(H,34,35)/b16-9+,20-12+,30-13?. The van der Waals surface area contributed by atoms with Crippen LogP contribution in [0.2, 0.25) is 0 Å². The average molecular weight is 485 g/mol. The molecule has 2 atom stereocenters. The highest BCUT2D eigenvalue weighted by Gasteiger charge is 2.56. The van der Waals surface area contributed by atoms with Gasteiger partial charge in [-0.2, -0.15) is 0 Å². The minimum absolute atomic E-state index is 0.0441. The van der Waals surface area contributed by atoms with E-state index in [1.54, 1.807) is 44.6 Å². The normalized spacial score (nSPS) is 21.2. The Kier molecular flexibility index (Phi) is 7.43. The quantitative estimate of drug-likeness (QED) is 0.373. The molecule has 2 aromatic heterocycles. The fourth-order valence-electron chi connectivity index (χ4n) is 4.99. The predicted molar refractivity (Wildman–Crippen MR) is 145 cm³/mol. The first-order valence-corrected chi connectivity index (χ1v) is 12.1. The summed E-state index contributed by atoms with van der Waals surface area (Å²) in [6.07, 6.45) is 13.3. The molecular formula is C28H32N6O2. The highest BCUT2D eigenvalue weighted by molar-refractivity contribution is 6.05. The molecule has 2 aliphatic carbocycles. The lowest BCUT2D eigenvalue weighted by Crippen LogP contribution is -2.18. The number of aromatic nitrogens is 2. The summed E-state index contributed by atoms with van der Waals surface area (Å²) in [7, 11) is 1.67. The van der Waals surface area contributed by atoms with Crippen LogP contribution in [-0.2, 0) is 4.79 Å². The molecule has 0 spiro atoms. The molecule has 4 rings (SSSR count). The third kappa shape index (κ3) is 5.27. The van der Waals surface area contributed by atoms with Gasteiger partial charge in [-0.25, -0.2) is 0 Å². The van der Waals surface area contributed by atoms with E-state index < -0.39 is 0 Å². The number of nitrogens with zero attached hydrogens (tertiary/aromatic N) is 3. The Morgan fingerprint density at radius 2 is 1.92 bits per heavy atom. The van der Waals surface area contributed by atoms with Gasteiger partial charge in [0.05, 0.1) is 34.5 Å². The Morgan fingerprint density at radius 1 is 1.17 bits per heavy atom. The number of allylic oxidation sites excluding steroid dienone is 2. The van der Waals surface area contributed by atoms with E-state index in [2.05, 4.69) is 32.2 Å². The highest BCUT2D eigenvalue weighted by Crippen LogP contribution is 2.57. The molecule has 0 bridgehead atoms. The van der Waals surface area contributed by atoms with Crippen LogP contribution < -0.4 is 16.4 Å². The number of aryl methyl sites for hydroxylation is 1. The summed E-state index contributed by atoms with van der Waals surface area (Å²) in [4.78, 5) is 38.6. The van der Waals surface area contributed by atoms with E-state index in [9.17, 15) is 9.59 Å². The van der Waals surface area contributed by atoms with Crippen LogP contribution in [0.1, 0.15) is 53.5 Å². The minimum Gasteiger partial charge on any atom is -0.404 e. The Morgan fingerprint density at radius 3 is 2.58 bits per heavy atom. The summed E-state index contributed by atoms with van der Waals surface area (Å²) >= 11 is 0. The van der Waals surface area contributed by atoms with E-state index in [-0.39, 0.29) is 17.7 Å². The number of hydrogen-bond donors (Lipinski definition) is 3. The van der Waals surface area contributed by atoms with Gasteiger partial charge in [-0.15, -0.1) is 0 Å². The molecule has 8 heteroatoms. The van der Waals surface area contributed by atoms with Gasteiger partial charge in [0.1, 0.15) is 0 Å². The molecule has 4 N–H and O–H groups in total. The number of rotatable bonds is 8. The molecule has 2 aliphatic rings. The third-order valence-electron chi connectivity index (χ3n) is 6.99. The number of nitrogens with two attached hydrogens (primary N) is 1. The number of fused-ring (bicyclic) bond motifs is 1. The molecular weight excluding hydrogens is 452 g/mol. The van der Waals surface area contributed by atoms with E-state index in [1.807, 2.05) is 13.0 Å². The van der Waals surface area contributed by atoms with Crippen LogP contribution in [0.4, 0.5) is 11.4 Å². The van der Waals surface area contributed by atoms with Gasteiger partial charge >= 0.3 is 0 Å². The number of carbonyl (C=O) groups is 2. The van der Waals surface area contributed by atoms with Gasteiger partial charge in [-0.1, -0.05) is 13.0 Å². The molecule has 2 heterocycles. The molecule has 0 saturated heterocycles. The number of pyridine rings is 2. The van der Waals surface area contributed by atoms with Gasteiger partial charge < -0.3 is 16.4 Å². The molecule has 0 radical (unpaired) electrons. The van der Waals surface area contributed by atoms with Crippen LogP contribution >= 0.6 is 0 Å². The second-order valence-electron chi connectivity index (χ2n) is 9.32. The van der Waals surface area contributed by atoms with Crippen molar-refractivity contribution in [2.45, 2.75) is 33.1 Å². The number of anilines is 2. The van der Waals surface area contributed by atoms with Crippen molar-refractivity contribution >= 4 is 41.6 Å². The average Bonchev–Trinajstić information content (AvgIpc) is 3.36. The number of carbonyl (C=O) groups excluding carboxylic acids is 2. The molecule has 186 valence electrons. The second kappa shape index (κ2) is 10.7. The molecule has 2 amide bonds. The Hall–Kier alpha value is -4.07. The zero-order valence-corrected chi connectivity index (χ0v) is 20.9. The molecule has 0 aromatic carbocycles. The fraction of sp³-hybridized carbons (Fsp3) is 0.321. The van der Waals surface area contributed by atoms with E-state index >= 15 is 0 Å². The summed E-state index contributed by atoms with van der Waals surface area (Å²) in [6.45, 7) is 7.53. The van der Waals surface area contributed by atoms with Crippen molar-refractivity contribution in [1.82, 2.24) is 9.97 Å². The molecule has 0 aliphatic heterocycles. The maximum atomic E-state index is 13.1. The fourth-order valence-corrected chi connectivity index (χ4v) is 4.99. The lowest BCUT2D eigenvalue weighted by atomic mass is 10.0. The molecule has 2 saturated carbocycles. The number of hydrogen-bond acceptors (Lipinski definition) is 6. The Labute approximate surface area is 211 Å². The summed E-state index contributed by atoms with van der Waals surface area (Å²) in [6, 6.07) is 3.50. The first-order valence-electron chi connectivity index (χ1n) is 12.1. The third-order valence-corrected chi connectivity index (χ3v) is 6.99. The first kappa shape index (κ1) is 25.0. The lowest BCUT2D eigenvalue weighted by molar-refractivity contribution is -0.118. The second-order valence-corrected chi connectivity index (χ2v) is 9.32. The minimum atomic E-state index is -0.333. The van der Waals surface area contributed by atoms with E-state index in [4.69, 9.17) is 5.73 Å². The van der Waals surface area contributed by atoms with Crippen LogP contribution in [0.3, 0.4) is 0 Å². The SMILES string of the molecule is C=Cc1ncc(C(=O)Nc2cc(NC(=O)C3C4CCCC43)cnc2C)cc1/C=C(C)/C(C=NC)=C/N. The van der Waals surface area contributed by atoms with Crippen molar-refractivity contribution in [3.63, 3.8) is 0 Å². The van der Waals surface area contributed by atoms with Gasteiger partial charge in [0.15, 0.2) is 0 Å². The predicted octanol–water partition coefficient (Wildman–Crippen LogP) is 4.61. The van der Waals surface area contributed by atoms with E-state index in [0.29, 0.717) is 40.2 Å². The van der Waals surface area contributed by atoms with Crippen molar-refractivity contribution < 1.29 is 9.59 Å². The summed E-state index contributed by atoms with van der Waals surface area (Å²) in [5.41, 5.74) is 10.8. The highest BCUT2D eigenvalue weighted by atomic mass is 16.2. The topological polar surface area (TPSA) is 122 Å². The van der Waals surface area contributed by atoms with Gasteiger partial charge in [0.2, 0.25) is 5.91 Å². The van der Waals surface area contributed by atoms with E-state index in [1.165, 1.54) is 18.8 Å². The Balaban J connectivity index is 1.52. The molecule has 8 nitrogen and oxygen atoms in total. The number of aliphatic imine (C=N–C) groups is 1. The lowest BCUT2D eigenvalue weighted by Gasteiger charge is -2.12. The van der Waals surface area contributed by atoms with Gasteiger partial charge in [-0.3, -0.25) is 24.5 Å². The number of amides is 2. The number of nitrogens with one attached hydrogen (secondary N) is 2. The van der Waals surface area contributed by atoms with Crippen molar-refractivity contribution in [3.05, 3.63) is 71.0 Å². The molecule has 36 heavy (non-hydrogen) atoms. The smallest absolute Gasteiger partial charge is 0.257 e. The summed E-state index contributed by atoms with van der Waals surface area (Å²) in [5, 5.41) is 5.88. The van der Waals surface area contributed by atoms with Crippen molar-refractivity contribution in [2.24, 2.45) is 28.5 Å². The largest absolute Gasteiger partial charge is 0.404 e. The van der Waals surface area contributed by atoms with Gasteiger partial charge in [0.25, 0.3) is 5.91 Å². The van der Waals surface area contributed by atoms with Crippen LogP contribution in [-0.4, -0.2) is 35.0 Å². The van der Waals surface area contributed by atoms with E-state index in [0.717, 1.165) is 29.6 Å². The van der Waals surface area contributed by atoms with Gasteiger partial charge in [0, 0.05) is 42.7 Å². The molecule has 2 fully saturated rings. The van der Waals surface area contributed by atoms with Gasteiger partial charge in [-0.05, 0) is 68.4 Å².